The molecule has 0 amide bonds. The average molecular weight is 556 g/mol. The number of ether oxygens (including phenoxy) is 2. The number of carbonyl (C=O) groups excluding carboxylic acids is 2. The average Bonchev–Trinajstić information content (AvgIpc) is 3.47. The lowest BCUT2D eigenvalue weighted by Crippen LogP contribution is -2.52. The van der Waals surface area contributed by atoms with Crippen LogP contribution in [-0.4, -0.2) is 60.8 Å². The van der Waals surface area contributed by atoms with Crippen LogP contribution in [0.1, 0.15) is 55.6 Å². The van der Waals surface area contributed by atoms with Crippen molar-refractivity contribution < 1.29 is 19.1 Å². The molecule has 7 heteroatoms. The summed E-state index contributed by atoms with van der Waals surface area (Å²) < 4.78 is 11.4. The third-order valence-corrected chi connectivity index (χ3v) is 8.45. The summed E-state index contributed by atoms with van der Waals surface area (Å²) in [6.07, 6.45) is -0.284. The molecule has 1 N–H and O–H groups in total. The Morgan fingerprint density at radius 3 is 1.56 bits per heavy atom. The molecule has 3 aromatic carbocycles. The normalized spacial score (nSPS) is 27.6. The zero-order valence-corrected chi connectivity index (χ0v) is 24.7. The van der Waals surface area contributed by atoms with Gasteiger partial charge in [0.25, 0.3) is 0 Å². The molecule has 0 unspecified atom stereocenters. The molecule has 2 aliphatic rings. The molecule has 2 heterocycles. The van der Waals surface area contributed by atoms with Crippen molar-refractivity contribution >= 4 is 11.9 Å². The smallest absolute Gasteiger partial charge is 0.324 e. The fourth-order valence-corrected chi connectivity index (χ4v) is 6.92. The molecular weight excluding hydrogens is 514 g/mol. The van der Waals surface area contributed by atoms with Crippen LogP contribution in [0, 0.1) is 11.8 Å². The molecule has 0 saturated carbocycles. The van der Waals surface area contributed by atoms with E-state index in [1.54, 1.807) is 0 Å². The lowest BCUT2D eigenvalue weighted by atomic mass is 9.81. The molecule has 6 atom stereocenters. The van der Waals surface area contributed by atoms with Gasteiger partial charge in [0.15, 0.2) is 0 Å². The van der Waals surface area contributed by atoms with Crippen LogP contribution in [0.25, 0.3) is 0 Å². The highest BCUT2D eigenvalue weighted by molar-refractivity contribution is 5.82. The fourth-order valence-electron chi connectivity index (χ4n) is 6.92. The number of benzene rings is 3. The maximum atomic E-state index is 13.9. The first kappa shape index (κ1) is 29.0. The lowest BCUT2D eigenvalue weighted by Gasteiger charge is -2.37. The van der Waals surface area contributed by atoms with Crippen molar-refractivity contribution in [2.24, 2.45) is 11.8 Å². The molecular formula is C34H41N3O4. The maximum Gasteiger partial charge on any atom is 0.324 e. The molecule has 2 fully saturated rings. The van der Waals surface area contributed by atoms with Gasteiger partial charge in [-0.05, 0) is 51.6 Å². The molecule has 3 aromatic rings. The first-order chi connectivity index (χ1) is 19.6. The number of likely N-dealkylation sites (N-methyl/N-ethyl adjacent to an activating group) is 2. The van der Waals surface area contributed by atoms with Crippen LogP contribution < -0.4 is 5.32 Å². The minimum atomic E-state index is -0.732. The monoisotopic (exact) mass is 555 g/mol. The first-order valence-corrected chi connectivity index (χ1v) is 14.3. The van der Waals surface area contributed by atoms with Crippen LogP contribution in [-0.2, 0) is 19.1 Å². The van der Waals surface area contributed by atoms with E-state index in [4.69, 9.17) is 9.47 Å². The Morgan fingerprint density at radius 1 is 0.707 bits per heavy atom. The summed E-state index contributed by atoms with van der Waals surface area (Å²) in [5.41, 5.74) is 2.60. The van der Waals surface area contributed by atoms with Crippen LogP contribution in [0.5, 0.6) is 0 Å². The van der Waals surface area contributed by atoms with Gasteiger partial charge in [-0.25, -0.2) is 0 Å². The molecule has 41 heavy (non-hydrogen) atoms. The Balaban J connectivity index is 1.65. The number of nitrogens with one attached hydrogen (secondary N) is 1. The molecule has 0 spiro atoms. The quantitative estimate of drug-likeness (QED) is 0.423. The standard InChI is InChI=1S/C34H41N3O4/c1-34(2,3)41-33(39)28-25(26(32(38)40-6)27(35-28)22-16-10-7-11-17-22)31-36(4)29(23-18-12-8-13-19-23)30(37(31)5)24-20-14-9-15-21-24/h7-21,25-31,35H,1-6H3/t25-,26-,27-,28-,29-,30-/m0/s1. The largest absolute Gasteiger partial charge is 0.469 e. The lowest BCUT2D eigenvalue weighted by molar-refractivity contribution is -0.160. The van der Waals surface area contributed by atoms with Crippen molar-refractivity contribution in [2.45, 2.75) is 56.7 Å². The number of hydrogen-bond acceptors (Lipinski definition) is 7. The third kappa shape index (κ3) is 5.67. The molecule has 2 saturated heterocycles. The summed E-state index contributed by atoms with van der Waals surface area (Å²) in [4.78, 5) is 32.2. The van der Waals surface area contributed by atoms with E-state index in [1.807, 2.05) is 63.2 Å². The number of carbonyl (C=O) groups is 2. The van der Waals surface area contributed by atoms with Gasteiger partial charge < -0.3 is 9.47 Å². The van der Waals surface area contributed by atoms with E-state index in [0.717, 1.165) is 5.56 Å². The maximum absolute atomic E-state index is 13.9. The van der Waals surface area contributed by atoms with Gasteiger partial charge in [-0.15, -0.1) is 0 Å². The summed E-state index contributed by atoms with van der Waals surface area (Å²) in [5, 5.41) is 3.54. The zero-order valence-electron chi connectivity index (χ0n) is 24.7. The molecule has 7 nitrogen and oxygen atoms in total. The summed E-state index contributed by atoms with van der Waals surface area (Å²) in [6.45, 7) is 5.60. The fraction of sp³-hybridized carbons (Fsp3) is 0.412. The van der Waals surface area contributed by atoms with Gasteiger partial charge in [-0.3, -0.25) is 24.7 Å². The zero-order chi connectivity index (χ0) is 29.3. The van der Waals surface area contributed by atoms with E-state index >= 15 is 0 Å². The van der Waals surface area contributed by atoms with Crippen LogP contribution in [0.15, 0.2) is 91.0 Å². The predicted octanol–water partition coefficient (Wildman–Crippen LogP) is 5.13. The second-order valence-electron chi connectivity index (χ2n) is 12.1. The minimum absolute atomic E-state index is 0.0121. The van der Waals surface area contributed by atoms with Crippen molar-refractivity contribution in [1.29, 1.82) is 0 Å². The van der Waals surface area contributed by atoms with Gasteiger partial charge in [0, 0.05) is 12.0 Å². The van der Waals surface area contributed by atoms with Gasteiger partial charge in [0.1, 0.15) is 11.6 Å². The van der Waals surface area contributed by atoms with E-state index in [-0.39, 0.29) is 30.2 Å². The highest BCUT2D eigenvalue weighted by Gasteiger charge is 2.60. The van der Waals surface area contributed by atoms with Gasteiger partial charge in [-0.2, -0.15) is 0 Å². The van der Waals surface area contributed by atoms with Crippen molar-refractivity contribution in [3.05, 3.63) is 108 Å². The van der Waals surface area contributed by atoms with E-state index in [0.29, 0.717) is 0 Å². The molecule has 2 aliphatic heterocycles. The van der Waals surface area contributed by atoms with Crippen LogP contribution in [0.4, 0.5) is 0 Å². The SMILES string of the molecule is COC(=O)[C@H]1[C@H](C2N(C)[C@@H](c3ccccc3)[C@H](c3ccccc3)N2C)[C@@H](C(=O)OC(C)(C)C)N[C@H]1c1ccccc1. The highest BCUT2D eigenvalue weighted by Crippen LogP contribution is 2.52. The Hall–Kier alpha value is -3.52. The van der Waals surface area contributed by atoms with Crippen molar-refractivity contribution in [3.8, 4) is 0 Å². The van der Waals surface area contributed by atoms with Crippen molar-refractivity contribution in [1.82, 2.24) is 15.1 Å². The second-order valence-corrected chi connectivity index (χ2v) is 12.1. The Bertz CT molecular complexity index is 1280. The molecule has 0 bridgehead atoms. The summed E-state index contributed by atoms with van der Waals surface area (Å²) >= 11 is 0. The number of hydrogen-bond donors (Lipinski definition) is 1. The van der Waals surface area contributed by atoms with E-state index in [9.17, 15) is 9.59 Å². The highest BCUT2D eigenvalue weighted by atomic mass is 16.6. The topological polar surface area (TPSA) is 71.1 Å². The van der Waals surface area contributed by atoms with Crippen LogP contribution >= 0.6 is 0 Å². The summed E-state index contributed by atoms with van der Waals surface area (Å²) in [7, 11) is 5.61. The third-order valence-electron chi connectivity index (χ3n) is 8.45. The second kappa shape index (κ2) is 11.8. The van der Waals surface area contributed by atoms with E-state index in [1.165, 1.54) is 18.2 Å². The van der Waals surface area contributed by atoms with E-state index in [2.05, 4.69) is 77.7 Å². The van der Waals surface area contributed by atoms with Crippen molar-refractivity contribution in [3.63, 3.8) is 0 Å². The van der Waals surface area contributed by atoms with Crippen molar-refractivity contribution in [2.75, 3.05) is 21.2 Å². The first-order valence-electron chi connectivity index (χ1n) is 14.3. The molecule has 0 radical (unpaired) electrons. The molecule has 216 valence electrons. The van der Waals surface area contributed by atoms with Gasteiger partial charge in [-0.1, -0.05) is 91.0 Å². The van der Waals surface area contributed by atoms with Crippen LogP contribution in [0.3, 0.4) is 0 Å². The Labute approximate surface area is 243 Å². The predicted molar refractivity (Wildman–Crippen MR) is 159 cm³/mol. The minimum Gasteiger partial charge on any atom is -0.469 e. The molecule has 0 aliphatic carbocycles. The number of methoxy groups -OCH3 is 1. The van der Waals surface area contributed by atoms with E-state index < -0.39 is 29.5 Å². The Morgan fingerprint density at radius 2 is 1.15 bits per heavy atom. The van der Waals surface area contributed by atoms with Gasteiger partial charge in [0.2, 0.25) is 0 Å². The van der Waals surface area contributed by atoms with Gasteiger partial charge >= 0.3 is 11.9 Å². The summed E-state index contributed by atoms with van der Waals surface area (Å²) in [5.74, 6) is -1.79. The van der Waals surface area contributed by atoms with Crippen LogP contribution in [0.2, 0.25) is 0 Å². The number of nitrogens with zero attached hydrogens (tertiary/aromatic N) is 2. The number of rotatable bonds is 6. The Kier molecular flexibility index (Phi) is 8.32. The number of esters is 2. The molecule has 0 aromatic heterocycles. The van der Waals surface area contributed by atoms with Gasteiger partial charge in [0.05, 0.1) is 31.3 Å². The molecule has 5 rings (SSSR count). The summed E-state index contributed by atoms with van der Waals surface area (Å²) in [6, 6.07) is 29.5.